The Morgan fingerprint density at radius 3 is 2.62 bits per heavy atom. The van der Waals surface area contributed by atoms with Gasteiger partial charge < -0.3 is 5.32 Å². The van der Waals surface area contributed by atoms with E-state index >= 15 is 0 Å². The van der Waals surface area contributed by atoms with Gasteiger partial charge in [0.1, 0.15) is 6.17 Å². The van der Waals surface area contributed by atoms with Crippen LogP contribution in [0.15, 0.2) is 0 Å². The molecule has 2 amide bonds. The standard InChI is InChI=1S/C20H35ClFN5O4S/c1-12(28)24-15-5-3-4-13(6-15)10-32(30,31)26-25-20(29)16-7-14(8-17(21)19(16)22)18-9-27(2)11-23-18/h13-19,23,26H,3-11H2,1-2H3,(H,24,28)(H,25,29). The summed E-state index contributed by atoms with van der Waals surface area (Å²) in [5.74, 6) is -2.08. The molecule has 3 fully saturated rings. The lowest BCUT2D eigenvalue weighted by molar-refractivity contribution is -0.129. The molecule has 1 heterocycles. The molecule has 1 aliphatic heterocycles. The summed E-state index contributed by atoms with van der Waals surface area (Å²) in [6.07, 6.45) is 2.21. The van der Waals surface area contributed by atoms with Crippen molar-refractivity contribution in [3.8, 4) is 0 Å². The number of carbonyl (C=O) groups excluding carboxylic acids is 2. The van der Waals surface area contributed by atoms with Crippen LogP contribution in [0.25, 0.3) is 0 Å². The van der Waals surface area contributed by atoms with Gasteiger partial charge in [0.15, 0.2) is 0 Å². The van der Waals surface area contributed by atoms with Crippen LogP contribution in [0.4, 0.5) is 4.39 Å². The highest BCUT2D eigenvalue weighted by Gasteiger charge is 2.44. The quantitative estimate of drug-likeness (QED) is 0.301. The van der Waals surface area contributed by atoms with Crippen molar-refractivity contribution in [2.24, 2.45) is 17.8 Å². The van der Waals surface area contributed by atoms with Crippen molar-refractivity contribution in [1.82, 2.24) is 25.8 Å². The second kappa shape index (κ2) is 10.9. The van der Waals surface area contributed by atoms with Gasteiger partial charge in [0.2, 0.25) is 21.8 Å². The van der Waals surface area contributed by atoms with Crippen LogP contribution in [0.1, 0.15) is 45.4 Å². The molecule has 9 nitrogen and oxygen atoms in total. The second-order valence-corrected chi connectivity index (χ2v) is 11.9. The fraction of sp³-hybridized carbons (Fsp3) is 0.900. The molecule has 0 aromatic rings. The number of alkyl halides is 2. The molecule has 1 saturated heterocycles. The van der Waals surface area contributed by atoms with Crippen molar-refractivity contribution in [2.75, 3.05) is 26.0 Å². The number of sulfonamides is 1. The first-order valence-electron chi connectivity index (χ1n) is 11.3. The Hall–Kier alpha value is -1.01. The molecule has 0 radical (unpaired) electrons. The summed E-state index contributed by atoms with van der Waals surface area (Å²) in [7, 11) is -1.82. The first-order valence-corrected chi connectivity index (χ1v) is 13.4. The highest BCUT2D eigenvalue weighted by atomic mass is 35.5. The lowest BCUT2D eigenvalue weighted by atomic mass is 9.76. The molecule has 12 heteroatoms. The lowest BCUT2D eigenvalue weighted by Crippen LogP contribution is -2.52. The number of nitrogens with zero attached hydrogens (tertiary/aromatic N) is 1. The van der Waals surface area contributed by atoms with Crippen molar-refractivity contribution in [3.63, 3.8) is 0 Å². The van der Waals surface area contributed by atoms with Crippen LogP contribution in [0.5, 0.6) is 0 Å². The van der Waals surface area contributed by atoms with Gasteiger partial charge in [-0.05, 0) is 51.0 Å². The Bertz CT molecular complexity index is 788. The number of hydrazine groups is 1. The van der Waals surface area contributed by atoms with E-state index in [0.717, 1.165) is 32.5 Å². The van der Waals surface area contributed by atoms with Crippen LogP contribution in [-0.4, -0.2) is 74.8 Å². The maximum atomic E-state index is 14.7. The van der Waals surface area contributed by atoms with E-state index in [1.807, 2.05) is 7.05 Å². The minimum atomic E-state index is -3.80. The summed E-state index contributed by atoms with van der Waals surface area (Å²) in [6, 6.07) is 0.0926. The zero-order valence-corrected chi connectivity index (χ0v) is 20.2. The van der Waals surface area contributed by atoms with Crippen molar-refractivity contribution in [1.29, 1.82) is 0 Å². The molecular formula is C20H35ClFN5O4S. The monoisotopic (exact) mass is 495 g/mol. The molecule has 7 unspecified atom stereocenters. The van der Waals surface area contributed by atoms with Gasteiger partial charge in [-0.3, -0.25) is 25.2 Å². The Kier molecular flexibility index (Phi) is 8.76. The summed E-state index contributed by atoms with van der Waals surface area (Å²) in [4.78, 5) is 28.2. The van der Waals surface area contributed by atoms with Crippen LogP contribution in [0.3, 0.4) is 0 Å². The van der Waals surface area contributed by atoms with Crippen LogP contribution in [0, 0.1) is 17.8 Å². The van der Waals surface area contributed by atoms with Gasteiger partial charge >= 0.3 is 0 Å². The van der Waals surface area contributed by atoms with Gasteiger partial charge in [-0.15, -0.1) is 16.4 Å². The van der Waals surface area contributed by atoms with E-state index in [0.29, 0.717) is 19.3 Å². The molecule has 4 N–H and O–H groups in total. The molecule has 2 aliphatic carbocycles. The molecule has 3 rings (SSSR count). The van der Waals surface area contributed by atoms with E-state index in [9.17, 15) is 22.4 Å². The van der Waals surface area contributed by atoms with Crippen LogP contribution in [0.2, 0.25) is 0 Å². The molecule has 0 aromatic heterocycles. The third-order valence-electron chi connectivity index (χ3n) is 6.83. The lowest BCUT2D eigenvalue weighted by Gasteiger charge is -2.37. The molecule has 0 aromatic carbocycles. The first kappa shape index (κ1) is 25.6. The van der Waals surface area contributed by atoms with Crippen LogP contribution < -0.4 is 20.9 Å². The zero-order chi connectivity index (χ0) is 23.5. The molecule has 32 heavy (non-hydrogen) atoms. The van der Waals surface area contributed by atoms with E-state index in [1.165, 1.54) is 6.92 Å². The third-order valence-corrected chi connectivity index (χ3v) is 8.57. The number of rotatable bonds is 7. The molecular weight excluding hydrogens is 461 g/mol. The van der Waals surface area contributed by atoms with Gasteiger partial charge in [-0.2, -0.15) is 0 Å². The summed E-state index contributed by atoms with van der Waals surface area (Å²) in [5, 5.41) is 5.42. The zero-order valence-electron chi connectivity index (χ0n) is 18.6. The van der Waals surface area contributed by atoms with E-state index < -0.39 is 33.4 Å². The Balaban J connectivity index is 1.52. The fourth-order valence-corrected chi connectivity index (χ4v) is 6.96. The van der Waals surface area contributed by atoms with Gasteiger partial charge in [0.05, 0.1) is 17.0 Å². The van der Waals surface area contributed by atoms with Gasteiger partial charge in [0, 0.05) is 32.2 Å². The van der Waals surface area contributed by atoms with E-state index in [2.05, 4.69) is 25.8 Å². The van der Waals surface area contributed by atoms with E-state index in [4.69, 9.17) is 11.6 Å². The minimum absolute atomic E-state index is 0.0357. The third kappa shape index (κ3) is 6.99. The smallest absolute Gasteiger partial charge is 0.241 e. The van der Waals surface area contributed by atoms with Crippen molar-refractivity contribution >= 4 is 33.4 Å². The summed E-state index contributed by atoms with van der Waals surface area (Å²) in [6.45, 7) is 2.97. The van der Waals surface area contributed by atoms with E-state index in [1.54, 1.807) is 0 Å². The summed E-state index contributed by atoms with van der Waals surface area (Å²) >= 11 is 6.22. The fourth-order valence-electron chi connectivity index (χ4n) is 5.29. The van der Waals surface area contributed by atoms with Crippen LogP contribution in [-0.2, 0) is 19.6 Å². The van der Waals surface area contributed by atoms with Gasteiger partial charge in [0.25, 0.3) is 0 Å². The van der Waals surface area contributed by atoms with Crippen molar-refractivity contribution in [2.45, 2.75) is 69.1 Å². The largest absolute Gasteiger partial charge is 0.354 e. The molecule has 2 saturated carbocycles. The minimum Gasteiger partial charge on any atom is -0.354 e. The topological polar surface area (TPSA) is 120 Å². The SMILES string of the molecule is CC(=O)NC1CCCC(CS(=O)(=O)NNC(=O)C2CC(C3CN(C)CN3)CC(Cl)C2F)C1. The molecule has 184 valence electrons. The number of hydrogen-bond donors (Lipinski definition) is 4. The second-order valence-electron chi connectivity index (χ2n) is 9.61. The number of hydrogen-bond acceptors (Lipinski definition) is 6. The first-order chi connectivity index (χ1) is 15.0. The Morgan fingerprint density at radius 2 is 1.97 bits per heavy atom. The molecule has 0 bridgehead atoms. The predicted octanol–water partition coefficient (Wildman–Crippen LogP) is 0.465. The maximum Gasteiger partial charge on any atom is 0.241 e. The predicted molar refractivity (Wildman–Crippen MR) is 120 cm³/mol. The number of halogens is 2. The van der Waals surface area contributed by atoms with Crippen LogP contribution >= 0.6 is 11.6 Å². The molecule has 7 atom stereocenters. The molecule has 0 spiro atoms. The summed E-state index contributed by atoms with van der Waals surface area (Å²) < 4.78 is 39.8. The number of likely N-dealkylation sites (N-methyl/N-ethyl adjacent to an activating group) is 1. The number of nitrogens with one attached hydrogen (secondary N) is 4. The highest BCUT2D eigenvalue weighted by Crippen LogP contribution is 2.37. The van der Waals surface area contributed by atoms with Gasteiger partial charge in [-0.1, -0.05) is 6.42 Å². The summed E-state index contributed by atoms with van der Waals surface area (Å²) in [5.41, 5.74) is 2.22. The number of carbonyl (C=O) groups is 2. The van der Waals surface area contributed by atoms with Crippen molar-refractivity contribution in [3.05, 3.63) is 0 Å². The average Bonchev–Trinajstić information content (AvgIpc) is 3.14. The van der Waals surface area contributed by atoms with E-state index in [-0.39, 0.29) is 35.6 Å². The average molecular weight is 496 g/mol. The van der Waals surface area contributed by atoms with Crippen molar-refractivity contribution < 1.29 is 22.4 Å². The van der Waals surface area contributed by atoms with Gasteiger partial charge in [-0.25, -0.2) is 12.8 Å². The normalized spacial score (nSPS) is 36.6. The maximum absolute atomic E-state index is 14.7. The Morgan fingerprint density at radius 1 is 1.22 bits per heavy atom. The number of amides is 2. The molecule has 3 aliphatic rings. The Labute approximate surface area is 194 Å². The highest BCUT2D eigenvalue weighted by molar-refractivity contribution is 7.89.